The molecule has 1 atom stereocenters. The van der Waals surface area contributed by atoms with E-state index in [0.717, 1.165) is 29.5 Å². The van der Waals surface area contributed by atoms with E-state index in [2.05, 4.69) is 23.5 Å². The molecule has 0 aliphatic heterocycles. The minimum absolute atomic E-state index is 0.0564. The van der Waals surface area contributed by atoms with Crippen LogP contribution in [-0.2, 0) is 27.7 Å². The number of hydrogen-bond donors (Lipinski definition) is 1. The Labute approximate surface area is 186 Å². The standard InChI is InChI=1S/C25H34N2O3S/c1-18-14-19(2)16-24(15-18)27(31(4,29)30)13-7-10-25(28)26-20(3)22-12-11-21-8-5-6-9-23(21)17-22/h11-12,14-17,20H,5-10,13H2,1-4H3,(H,26,28)/t20-/m1/s1. The van der Waals surface area contributed by atoms with Gasteiger partial charge in [-0.15, -0.1) is 0 Å². The first kappa shape index (κ1) is 23.3. The van der Waals surface area contributed by atoms with E-state index in [4.69, 9.17) is 0 Å². The Morgan fingerprint density at radius 1 is 1.03 bits per heavy atom. The van der Waals surface area contributed by atoms with Gasteiger partial charge in [0.05, 0.1) is 18.0 Å². The van der Waals surface area contributed by atoms with Crippen molar-refractivity contribution in [1.29, 1.82) is 0 Å². The van der Waals surface area contributed by atoms with E-state index in [1.54, 1.807) is 0 Å². The monoisotopic (exact) mass is 442 g/mol. The summed E-state index contributed by atoms with van der Waals surface area (Å²) in [5.74, 6) is -0.0564. The van der Waals surface area contributed by atoms with Crippen LogP contribution in [0.2, 0.25) is 0 Å². The van der Waals surface area contributed by atoms with E-state index in [1.807, 2.05) is 39.0 Å². The summed E-state index contributed by atoms with van der Waals surface area (Å²) in [6.07, 6.45) is 6.70. The minimum atomic E-state index is -3.42. The van der Waals surface area contributed by atoms with Gasteiger partial charge in [-0.05, 0) is 92.8 Å². The van der Waals surface area contributed by atoms with Gasteiger partial charge in [0.2, 0.25) is 15.9 Å². The van der Waals surface area contributed by atoms with Crippen LogP contribution in [0.15, 0.2) is 36.4 Å². The van der Waals surface area contributed by atoms with Gasteiger partial charge in [-0.3, -0.25) is 9.10 Å². The molecule has 5 nitrogen and oxygen atoms in total. The van der Waals surface area contributed by atoms with Gasteiger partial charge in [0.1, 0.15) is 0 Å². The molecular weight excluding hydrogens is 408 g/mol. The topological polar surface area (TPSA) is 66.5 Å². The Hall–Kier alpha value is -2.34. The van der Waals surface area contributed by atoms with E-state index in [9.17, 15) is 13.2 Å². The molecule has 168 valence electrons. The molecule has 2 aromatic carbocycles. The van der Waals surface area contributed by atoms with Crippen molar-refractivity contribution in [3.63, 3.8) is 0 Å². The Balaban J connectivity index is 1.58. The maximum atomic E-state index is 12.5. The Morgan fingerprint density at radius 3 is 2.32 bits per heavy atom. The number of rotatable bonds is 8. The molecule has 1 N–H and O–H groups in total. The number of aryl methyl sites for hydroxylation is 4. The molecule has 3 rings (SSSR count). The molecule has 0 bridgehead atoms. The number of benzene rings is 2. The van der Waals surface area contributed by atoms with Crippen molar-refractivity contribution >= 4 is 21.6 Å². The molecule has 0 fully saturated rings. The van der Waals surface area contributed by atoms with E-state index < -0.39 is 10.0 Å². The summed E-state index contributed by atoms with van der Waals surface area (Å²) >= 11 is 0. The largest absolute Gasteiger partial charge is 0.350 e. The fourth-order valence-corrected chi connectivity index (χ4v) is 5.33. The number of carbonyl (C=O) groups excluding carboxylic acids is 1. The quantitative estimate of drug-likeness (QED) is 0.649. The first-order valence-corrected chi connectivity index (χ1v) is 13.0. The number of nitrogens with one attached hydrogen (secondary N) is 1. The lowest BCUT2D eigenvalue weighted by Gasteiger charge is -2.23. The van der Waals surface area contributed by atoms with Crippen LogP contribution >= 0.6 is 0 Å². The third kappa shape index (κ3) is 6.33. The highest BCUT2D eigenvalue weighted by Gasteiger charge is 2.19. The number of amides is 1. The number of fused-ring (bicyclic) bond motifs is 1. The molecule has 2 aromatic rings. The second-order valence-electron chi connectivity index (χ2n) is 8.81. The van der Waals surface area contributed by atoms with Crippen LogP contribution in [0.25, 0.3) is 0 Å². The first-order valence-electron chi connectivity index (χ1n) is 11.1. The summed E-state index contributed by atoms with van der Waals surface area (Å²) < 4.78 is 26.1. The van der Waals surface area contributed by atoms with Gasteiger partial charge in [0.15, 0.2) is 0 Å². The van der Waals surface area contributed by atoms with Crippen molar-refractivity contribution in [2.75, 3.05) is 17.1 Å². The normalized spacial score (nSPS) is 14.6. The van der Waals surface area contributed by atoms with Gasteiger partial charge in [0, 0.05) is 13.0 Å². The van der Waals surface area contributed by atoms with Gasteiger partial charge in [-0.2, -0.15) is 0 Å². The summed E-state index contributed by atoms with van der Waals surface area (Å²) in [4.78, 5) is 12.5. The smallest absolute Gasteiger partial charge is 0.232 e. The molecule has 0 aromatic heterocycles. The van der Waals surface area contributed by atoms with E-state index in [-0.39, 0.29) is 24.9 Å². The predicted molar refractivity (Wildman–Crippen MR) is 127 cm³/mol. The highest BCUT2D eigenvalue weighted by molar-refractivity contribution is 7.92. The van der Waals surface area contributed by atoms with Crippen LogP contribution in [0.5, 0.6) is 0 Å². The van der Waals surface area contributed by atoms with Crippen molar-refractivity contribution in [3.05, 3.63) is 64.2 Å². The molecule has 0 unspecified atom stereocenters. The van der Waals surface area contributed by atoms with E-state index >= 15 is 0 Å². The molecule has 0 radical (unpaired) electrons. The van der Waals surface area contributed by atoms with Gasteiger partial charge in [-0.1, -0.05) is 24.3 Å². The summed E-state index contributed by atoms with van der Waals surface area (Å²) in [5, 5.41) is 3.07. The second-order valence-corrected chi connectivity index (χ2v) is 10.7. The maximum Gasteiger partial charge on any atom is 0.232 e. The molecule has 1 amide bonds. The molecule has 1 aliphatic carbocycles. The lowest BCUT2D eigenvalue weighted by Crippen LogP contribution is -2.32. The van der Waals surface area contributed by atoms with Crippen molar-refractivity contribution in [3.8, 4) is 0 Å². The highest BCUT2D eigenvalue weighted by atomic mass is 32.2. The van der Waals surface area contributed by atoms with Crippen molar-refractivity contribution < 1.29 is 13.2 Å². The number of sulfonamides is 1. The number of nitrogens with zero attached hydrogens (tertiary/aromatic N) is 1. The zero-order chi connectivity index (χ0) is 22.6. The van der Waals surface area contributed by atoms with Gasteiger partial charge in [-0.25, -0.2) is 8.42 Å². The average Bonchev–Trinajstić information content (AvgIpc) is 2.69. The summed E-state index contributed by atoms with van der Waals surface area (Å²) in [6.45, 7) is 6.18. The third-order valence-electron chi connectivity index (χ3n) is 5.91. The number of hydrogen-bond acceptors (Lipinski definition) is 3. The SMILES string of the molecule is Cc1cc(C)cc(N(CCCC(=O)N[C@H](C)c2ccc3c(c2)CCCC3)S(C)(=O)=O)c1. The van der Waals surface area contributed by atoms with Crippen molar-refractivity contribution in [2.24, 2.45) is 0 Å². The minimum Gasteiger partial charge on any atom is -0.350 e. The molecule has 0 spiro atoms. The van der Waals surface area contributed by atoms with Crippen molar-refractivity contribution in [1.82, 2.24) is 5.32 Å². The average molecular weight is 443 g/mol. The fraction of sp³-hybridized carbons (Fsp3) is 0.480. The third-order valence-corrected chi connectivity index (χ3v) is 7.10. The van der Waals surface area contributed by atoms with E-state index in [0.29, 0.717) is 12.1 Å². The molecule has 1 aliphatic rings. The molecule has 0 saturated carbocycles. The molecular formula is C25H34N2O3S. The highest BCUT2D eigenvalue weighted by Crippen LogP contribution is 2.25. The second kappa shape index (κ2) is 9.86. The summed E-state index contributed by atoms with van der Waals surface area (Å²) in [7, 11) is -3.42. The number of anilines is 1. The maximum absolute atomic E-state index is 12.5. The Bertz CT molecular complexity index is 1030. The first-order chi connectivity index (χ1) is 14.6. The van der Waals surface area contributed by atoms with Gasteiger partial charge in [0.25, 0.3) is 0 Å². The molecule has 31 heavy (non-hydrogen) atoms. The Morgan fingerprint density at radius 2 is 1.68 bits per heavy atom. The lowest BCUT2D eigenvalue weighted by molar-refractivity contribution is -0.121. The van der Waals surface area contributed by atoms with Crippen LogP contribution in [0.4, 0.5) is 5.69 Å². The van der Waals surface area contributed by atoms with E-state index in [1.165, 1.54) is 34.5 Å². The van der Waals surface area contributed by atoms with Crippen LogP contribution < -0.4 is 9.62 Å². The van der Waals surface area contributed by atoms with Crippen LogP contribution in [0.3, 0.4) is 0 Å². The molecule has 0 heterocycles. The fourth-order valence-electron chi connectivity index (χ4n) is 4.38. The lowest BCUT2D eigenvalue weighted by atomic mass is 9.89. The molecule has 0 saturated heterocycles. The summed E-state index contributed by atoms with van der Waals surface area (Å²) in [5.41, 5.74) is 6.65. The molecule has 6 heteroatoms. The van der Waals surface area contributed by atoms with Gasteiger partial charge >= 0.3 is 0 Å². The van der Waals surface area contributed by atoms with Crippen LogP contribution in [0, 0.1) is 13.8 Å². The predicted octanol–water partition coefficient (Wildman–Crippen LogP) is 4.61. The van der Waals surface area contributed by atoms with Gasteiger partial charge < -0.3 is 5.32 Å². The number of carbonyl (C=O) groups is 1. The Kier molecular flexibility index (Phi) is 7.42. The van der Waals surface area contributed by atoms with Crippen LogP contribution in [-0.4, -0.2) is 27.1 Å². The van der Waals surface area contributed by atoms with Crippen LogP contribution in [0.1, 0.15) is 66.5 Å². The zero-order valence-electron chi connectivity index (χ0n) is 19.1. The summed E-state index contributed by atoms with van der Waals surface area (Å²) in [6, 6.07) is 12.2. The van der Waals surface area contributed by atoms with Crippen molar-refractivity contribution in [2.45, 2.75) is 65.3 Å². The zero-order valence-corrected chi connectivity index (χ0v) is 19.9.